The summed E-state index contributed by atoms with van der Waals surface area (Å²) < 4.78 is 15.7. The van der Waals surface area contributed by atoms with Crippen molar-refractivity contribution in [1.29, 1.82) is 0 Å². The number of hydrogen-bond donors (Lipinski definition) is 1. The van der Waals surface area contributed by atoms with Gasteiger partial charge in [0.2, 0.25) is 0 Å². The molecule has 0 radical (unpaired) electrons. The molecule has 184 valence electrons. The largest absolute Gasteiger partial charge is 0.507 e. The van der Waals surface area contributed by atoms with E-state index in [-0.39, 0.29) is 23.5 Å². The standard InChI is InChI=1S/C28H25NO7/c1-4-36-28(33)17-12-14-19(15-13-17)29-24(18-8-7-9-20(16-18)34-2)23(26(31)27(29)32)25(30)21-10-5-6-11-22(21)35-3/h5-16,24,30H,4H2,1-3H3/b25-23+. The molecule has 1 unspecified atom stereocenters. The third-order valence-corrected chi connectivity index (χ3v) is 5.87. The lowest BCUT2D eigenvalue weighted by Crippen LogP contribution is -2.29. The quantitative estimate of drug-likeness (QED) is 0.226. The molecule has 8 nitrogen and oxygen atoms in total. The number of nitrogens with zero attached hydrogens (tertiary/aromatic N) is 1. The van der Waals surface area contributed by atoms with Gasteiger partial charge in [-0.2, -0.15) is 0 Å². The molecule has 1 atom stereocenters. The number of amides is 1. The van der Waals surface area contributed by atoms with Gasteiger partial charge in [0.05, 0.1) is 43.6 Å². The molecule has 1 amide bonds. The third kappa shape index (κ3) is 4.40. The fourth-order valence-electron chi connectivity index (χ4n) is 4.18. The average molecular weight is 488 g/mol. The number of benzene rings is 3. The summed E-state index contributed by atoms with van der Waals surface area (Å²) in [6.45, 7) is 1.94. The van der Waals surface area contributed by atoms with Crippen molar-refractivity contribution in [3.05, 3.63) is 95.1 Å². The molecule has 3 aromatic rings. The summed E-state index contributed by atoms with van der Waals surface area (Å²) in [5.74, 6) is -1.64. The van der Waals surface area contributed by atoms with E-state index < -0.39 is 23.7 Å². The predicted molar refractivity (Wildman–Crippen MR) is 133 cm³/mol. The van der Waals surface area contributed by atoms with Crippen LogP contribution in [-0.2, 0) is 14.3 Å². The summed E-state index contributed by atoms with van der Waals surface area (Å²) in [7, 11) is 2.97. The van der Waals surface area contributed by atoms with Gasteiger partial charge in [0.15, 0.2) is 0 Å². The Morgan fingerprint density at radius 2 is 1.67 bits per heavy atom. The normalized spacial score (nSPS) is 16.6. The van der Waals surface area contributed by atoms with E-state index in [0.29, 0.717) is 28.3 Å². The van der Waals surface area contributed by atoms with E-state index in [1.54, 1.807) is 67.6 Å². The first-order chi connectivity index (χ1) is 17.4. The number of Topliss-reactive ketones (excluding diaryl/α,β-unsaturated/α-hetero) is 1. The second-order valence-corrected chi connectivity index (χ2v) is 7.91. The van der Waals surface area contributed by atoms with E-state index in [9.17, 15) is 19.5 Å². The number of carbonyl (C=O) groups excluding carboxylic acids is 3. The molecule has 1 aliphatic heterocycles. The third-order valence-electron chi connectivity index (χ3n) is 5.87. The van der Waals surface area contributed by atoms with Gasteiger partial charge < -0.3 is 19.3 Å². The number of ketones is 1. The van der Waals surface area contributed by atoms with Crippen LogP contribution in [0.3, 0.4) is 0 Å². The van der Waals surface area contributed by atoms with Crippen LogP contribution in [0.15, 0.2) is 78.4 Å². The molecule has 4 rings (SSSR count). The van der Waals surface area contributed by atoms with E-state index in [1.165, 1.54) is 31.3 Å². The Kier molecular flexibility index (Phi) is 7.05. The maximum absolute atomic E-state index is 13.3. The molecule has 1 heterocycles. The van der Waals surface area contributed by atoms with Gasteiger partial charge in [0.1, 0.15) is 17.3 Å². The topological polar surface area (TPSA) is 102 Å². The van der Waals surface area contributed by atoms with Crippen molar-refractivity contribution >= 4 is 29.1 Å². The number of ether oxygens (including phenoxy) is 3. The number of aliphatic hydroxyl groups is 1. The van der Waals surface area contributed by atoms with Crippen molar-refractivity contribution in [2.45, 2.75) is 13.0 Å². The van der Waals surface area contributed by atoms with E-state index >= 15 is 0 Å². The second-order valence-electron chi connectivity index (χ2n) is 7.91. The molecule has 1 N–H and O–H groups in total. The molecule has 1 fully saturated rings. The monoisotopic (exact) mass is 487 g/mol. The Morgan fingerprint density at radius 1 is 0.944 bits per heavy atom. The van der Waals surface area contributed by atoms with Crippen molar-refractivity contribution in [1.82, 2.24) is 0 Å². The number of aliphatic hydroxyl groups excluding tert-OH is 1. The van der Waals surface area contributed by atoms with Gasteiger partial charge >= 0.3 is 5.97 Å². The number of para-hydroxylation sites is 1. The zero-order valence-electron chi connectivity index (χ0n) is 20.1. The summed E-state index contributed by atoms with van der Waals surface area (Å²) >= 11 is 0. The van der Waals surface area contributed by atoms with Gasteiger partial charge in [-0.1, -0.05) is 24.3 Å². The van der Waals surface area contributed by atoms with Gasteiger partial charge in [0, 0.05) is 5.69 Å². The molecule has 1 aliphatic rings. The molecule has 3 aromatic carbocycles. The number of anilines is 1. The number of esters is 1. The van der Waals surface area contributed by atoms with Crippen LogP contribution in [0.1, 0.15) is 34.5 Å². The number of methoxy groups -OCH3 is 2. The fourth-order valence-corrected chi connectivity index (χ4v) is 4.18. The second kappa shape index (κ2) is 10.4. The Morgan fingerprint density at radius 3 is 2.33 bits per heavy atom. The minimum Gasteiger partial charge on any atom is -0.507 e. The highest BCUT2D eigenvalue weighted by Gasteiger charge is 2.47. The Bertz CT molecular complexity index is 1340. The molecule has 1 saturated heterocycles. The van der Waals surface area contributed by atoms with E-state index in [4.69, 9.17) is 14.2 Å². The van der Waals surface area contributed by atoms with Crippen LogP contribution in [0.2, 0.25) is 0 Å². The van der Waals surface area contributed by atoms with Crippen molar-refractivity contribution in [3.63, 3.8) is 0 Å². The van der Waals surface area contributed by atoms with Crippen LogP contribution in [0, 0.1) is 0 Å². The van der Waals surface area contributed by atoms with Crippen LogP contribution in [-0.4, -0.2) is 43.6 Å². The Labute approximate surface area is 208 Å². The molecular weight excluding hydrogens is 462 g/mol. The maximum atomic E-state index is 13.3. The summed E-state index contributed by atoms with van der Waals surface area (Å²) in [6, 6.07) is 18.8. The SMILES string of the molecule is CCOC(=O)c1ccc(N2C(=O)C(=O)/C(=C(/O)c3ccccc3OC)C2c2cccc(OC)c2)cc1. The molecule has 36 heavy (non-hydrogen) atoms. The highest BCUT2D eigenvalue weighted by Crippen LogP contribution is 2.43. The molecule has 0 spiro atoms. The molecular formula is C28H25NO7. The van der Waals surface area contributed by atoms with Gasteiger partial charge in [-0.3, -0.25) is 14.5 Å². The maximum Gasteiger partial charge on any atom is 0.338 e. The van der Waals surface area contributed by atoms with Gasteiger partial charge in [-0.05, 0) is 61.0 Å². The zero-order valence-corrected chi connectivity index (χ0v) is 20.1. The minimum atomic E-state index is -0.960. The predicted octanol–water partition coefficient (Wildman–Crippen LogP) is 4.51. The van der Waals surface area contributed by atoms with Gasteiger partial charge in [-0.25, -0.2) is 4.79 Å². The van der Waals surface area contributed by atoms with E-state index in [2.05, 4.69) is 0 Å². The van der Waals surface area contributed by atoms with Gasteiger partial charge in [-0.15, -0.1) is 0 Å². The molecule has 8 heteroatoms. The van der Waals surface area contributed by atoms with Crippen LogP contribution in [0.25, 0.3) is 5.76 Å². The first-order valence-electron chi connectivity index (χ1n) is 11.3. The highest BCUT2D eigenvalue weighted by molar-refractivity contribution is 6.51. The zero-order chi connectivity index (χ0) is 25.8. The van der Waals surface area contributed by atoms with Crippen molar-refractivity contribution in [2.75, 3.05) is 25.7 Å². The smallest absolute Gasteiger partial charge is 0.338 e. The summed E-state index contributed by atoms with van der Waals surface area (Å²) in [5, 5.41) is 11.3. The lowest BCUT2D eigenvalue weighted by molar-refractivity contribution is -0.132. The summed E-state index contributed by atoms with van der Waals surface area (Å²) in [6.07, 6.45) is 0. The summed E-state index contributed by atoms with van der Waals surface area (Å²) in [5.41, 5.74) is 1.43. The van der Waals surface area contributed by atoms with Crippen molar-refractivity contribution in [2.24, 2.45) is 0 Å². The lowest BCUT2D eigenvalue weighted by atomic mass is 9.94. The number of carbonyl (C=O) groups is 3. The Hall–Kier alpha value is -4.59. The van der Waals surface area contributed by atoms with Crippen LogP contribution in [0.5, 0.6) is 11.5 Å². The van der Waals surface area contributed by atoms with Crippen LogP contribution < -0.4 is 14.4 Å². The fraction of sp³-hybridized carbons (Fsp3) is 0.179. The summed E-state index contributed by atoms with van der Waals surface area (Å²) in [4.78, 5) is 40.1. The Balaban J connectivity index is 1.90. The first-order valence-corrected chi connectivity index (χ1v) is 11.3. The molecule has 0 saturated carbocycles. The lowest BCUT2D eigenvalue weighted by Gasteiger charge is -2.26. The molecule has 0 aliphatic carbocycles. The molecule has 0 bridgehead atoms. The van der Waals surface area contributed by atoms with Crippen molar-refractivity contribution in [3.8, 4) is 11.5 Å². The van der Waals surface area contributed by atoms with Crippen LogP contribution in [0.4, 0.5) is 5.69 Å². The highest BCUT2D eigenvalue weighted by atomic mass is 16.5. The number of rotatable bonds is 7. The minimum absolute atomic E-state index is 0.0905. The van der Waals surface area contributed by atoms with Gasteiger partial charge in [0.25, 0.3) is 11.7 Å². The molecule has 0 aromatic heterocycles. The first kappa shape index (κ1) is 24.5. The van der Waals surface area contributed by atoms with Crippen LogP contribution >= 0.6 is 0 Å². The van der Waals surface area contributed by atoms with E-state index in [0.717, 1.165) is 0 Å². The average Bonchev–Trinajstić information content (AvgIpc) is 3.18. The number of hydrogen-bond acceptors (Lipinski definition) is 7. The van der Waals surface area contributed by atoms with E-state index in [1.807, 2.05) is 0 Å². The van der Waals surface area contributed by atoms with Crippen molar-refractivity contribution < 1.29 is 33.7 Å².